The molecule has 0 bridgehead atoms. The van der Waals surface area contributed by atoms with Gasteiger partial charge in [-0.25, -0.2) is 19.6 Å². The number of amidine groups is 1. The number of imidazole rings is 1. The van der Waals surface area contributed by atoms with Crippen LogP contribution in [0, 0.1) is 0 Å². The largest absolute Gasteiger partial charge is 0.478 e. The highest BCUT2D eigenvalue weighted by molar-refractivity contribution is 8.13. The third kappa shape index (κ3) is 3.46. The van der Waals surface area contributed by atoms with Gasteiger partial charge in [-0.05, 0) is 35.5 Å². The summed E-state index contributed by atoms with van der Waals surface area (Å²) in [6.07, 6.45) is -0.648. The predicted octanol–water partition coefficient (Wildman–Crippen LogP) is 2.10. The summed E-state index contributed by atoms with van der Waals surface area (Å²) in [7, 11) is 1.60. The number of hydrogen-bond acceptors (Lipinski definition) is 7. The Balaban J connectivity index is 1.49. The molecular weight excluding hydrogens is 432 g/mol. The average molecular weight is 450 g/mol. The van der Waals surface area contributed by atoms with E-state index in [1.807, 2.05) is 35.2 Å². The molecule has 10 nitrogen and oxygen atoms in total. The number of benzene rings is 2. The number of aliphatic imine (C=N–C) groups is 1. The first kappa shape index (κ1) is 20.1. The topological polar surface area (TPSA) is 131 Å². The van der Waals surface area contributed by atoms with Crippen molar-refractivity contribution in [3.05, 3.63) is 59.7 Å². The van der Waals surface area contributed by atoms with Crippen LogP contribution >= 0.6 is 11.8 Å². The van der Waals surface area contributed by atoms with Gasteiger partial charge < -0.3 is 19.9 Å². The van der Waals surface area contributed by atoms with Gasteiger partial charge in [-0.3, -0.25) is 10.1 Å². The highest BCUT2D eigenvalue weighted by atomic mass is 32.2. The molecule has 2 unspecified atom stereocenters. The first-order valence-corrected chi connectivity index (χ1v) is 10.6. The second-order valence-corrected chi connectivity index (χ2v) is 8.43. The van der Waals surface area contributed by atoms with E-state index in [1.54, 1.807) is 13.1 Å². The van der Waals surface area contributed by atoms with E-state index < -0.39 is 30.1 Å². The van der Waals surface area contributed by atoms with Gasteiger partial charge in [0, 0.05) is 13.6 Å². The molecule has 0 aliphatic carbocycles. The molecule has 2 aliphatic rings. The Morgan fingerprint density at radius 3 is 2.72 bits per heavy atom. The Morgan fingerprint density at radius 1 is 1.19 bits per heavy atom. The molecule has 2 atom stereocenters. The number of fused-ring (bicyclic) bond motifs is 2. The number of aromatic carboxylic acids is 1. The van der Waals surface area contributed by atoms with E-state index >= 15 is 0 Å². The minimum atomic E-state index is -1.02. The Hall–Kier alpha value is -3.86. The molecular formula is C21H18N6O4S. The van der Waals surface area contributed by atoms with Gasteiger partial charge in [0.1, 0.15) is 0 Å². The smallest absolute Gasteiger partial charge is 0.335 e. The number of carbonyl (C=O) groups is 3. The molecule has 3 aromatic rings. The first-order chi connectivity index (χ1) is 15.4. The van der Waals surface area contributed by atoms with E-state index in [9.17, 15) is 19.5 Å². The molecule has 162 valence electrons. The van der Waals surface area contributed by atoms with Crippen LogP contribution in [0.5, 0.6) is 0 Å². The molecule has 0 spiro atoms. The normalized spacial score (nSPS) is 20.3. The van der Waals surface area contributed by atoms with Crippen molar-refractivity contribution in [2.75, 3.05) is 7.05 Å². The standard InChI is InChI=1S/C21H18N6O4S/c1-26-16-15(17(28)25-20(26)31)27(10-11-5-3-2-4-6-11)21(24-16)32-19-22-13-8-7-12(18(29)30)9-14(13)23-19/h2-9,15-16H,10H2,1H3,(H,22,23)(H,29,30)(H,25,28,31). The van der Waals surface area contributed by atoms with Gasteiger partial charge in [-0.2, -0.15) is 0 Å². The summed E-state index contributed by atoms with van der Waals surface area (Å²) in [4.78, 5) is 51.6. The van der Waals surface area contributed by atoms with Crippen molar-refractivity contribution >= 4 is 45.9 Å². The summed E-state index contributed by atoms with van der Waals surface area (Å²) in [6.45, 7) is 0.423. The van der Waals surface area contributed by atoms with Crippen LogP contribution < -0.4 is 5.32 Å². The molecule has 3 N–H and O–H groups in total. The molecule has 3 amide bonds. The van der Waals surface area contributed by atoms with Gasteiger partial charge in [0.2, 0.25) is 0 Å². The van der Waals surface area contributed by atoms with Gasteiger partial charge in [0.05, 0.1) is 16.6 Å². The number of urea groups is 1. The Bertz CT molecular complexity index is 1270. The number of H-pyrrole nitrogens is 1. The number of carbonyl (C=O) groups excluding carboxylic acids is 2. The lowest BCUT2D eigenvalue weighted by atomic mass is 10.1. The van der Waals surface area contributed by atoms with Crippen LogP contribution in [0.2, 0.25) is 0 Å². The molecule has 1 fully saturated rings. The molecule has 5 rings (SSSR count). The van der Waals surface area contributed by atoms with E-state index in [0.717, 1.165) is 5.56 Å². The number of nitrogens with zero attached hydrogens (tertiary/aromatic N) is 4. The fourth-order valence-corrected chi connectivity index (χ4v) is 4.72. The maximum Gasteiger partial charge on any atom is 0.335 e. The van der Waals surface area contributed by atoms with E-state index in [2.05, 4.69) is 20.3 Å². The van der Waals surface area contributed by atoms with Crippen LogP contribution in [-0.4, -0.2) is 67.2 Å². The van der Waals surface area contributed by atoms with Crippen molar-refractivity contribution in [3.8, 4) is 0 Å². The number of likely N-dealkylation sites (N-methyl/N-ethyl adjacent to an activating group) is 1. The molecule has 1 saturated heterocycles. The van der Waals surface area contributed by atoms with Crippen molar-refractivity contribution in [1.82, 2.24) is 25.1 Å². The minimum Gasteiger partial charge on any atom is -0.478 e. The highest BCUT2D eigenvalue weighted by Crippen LogP contribution is 2.33. The SMILES string of the molecule is CN1C(=O)NC(=O)C2C1N=C(Sc1nc3ccc(C(=O)O)cc3[nH]1)N2Cc1ccccc1. The lowest BCUT2D eigenvalue weighted by Crippen LogP contribution is -2.63. The van der Waals surface area contributed by atoms with Crippen LogP contribution in [0.1, 0.15) is 15.9 Å². The van der Waals surface area contributed by atoms with Gasteiger partial charge >= 0.3 is 12.0 Å². The summed E-state index contributed by atoms with van der Waals surface area (Å²) in [5.74, 6) is -1.42. The Labute approximate surface area is 186 Å². The number of hydrogen-bond donors (Lipinski definition) is 3. The van der Waals surface area contributed by atoms with Crippen LogP contribution in [0.3, 0.4) is 0 Å². The number of thioether (sulfide) groups is 1. The molecule has 0 saturated carbocycles. The summed E-state index contributed by atoms with van der Waals surface area (Å²) in [5.41, 5.74) is 2.35. The van der Waals surface area contributed by atoms with Crippen molar-refractivity contribution < 1.29 is 19.5 Å². The maximum absolute atomic E-state index is 12.7. The monoisotopic (exact) mass is 450 g/mol. The van der Waals surface area contributed by atoms with Crippen molar-refractivity contribution in [2.24, 2.45) is 4.99 Å². The number of carboxylic acids is 1. The Kier molecular flexibility index (Phi) is 4.82. The molecule has 2 aliphatic heterocycles. The van der Waals surface area contributed by atoms with E-state index in [0.29, 0.717) is 27.9 Å². The van der Waals surface area contributed by atoms with Crippen LogP contribution in [0.15, 0.2) is 58.7 Å². The summed E-state index contributed by atoms with van der Waals surface area (Å²) in [5, 5.41) is 12.6. The van der Waals surface area contributed by atoms with E-state index in [-0.39, 0.29) is 5.56 Å². The number of amides is 3. The van der Waals surface area contributed by atoms with Crippen LogP contribution in [0.25, 0.3) is 11.0 Å². The second-order valence-electron chi connectivity index (χ2n) is 7.47. The summed E-state index contributed by atoms with van der Waals surface area (Å²) < 4.78 is 0. The van der Waals surface area contributed by atoms with E-state index in [4.69, 9.17) is 0 Å². The van der Waals surface area contributed by atoms with Gasteiger partial charge in [0.25, 0.3) is 5.91 Å². The van der Waals surface area contributed by atoms with Crippen molar-refractivity contribution in [2.45, 2.75) is 23.9 Å². The summed E-state index contributed by atoms with van der Waals surface area (Å²) >= 11 is 1.23. The minimum absolute atomic E-state index is 0.157. The number of imide groups is 1. The van der Waals surface area contributed by atoms with Gasteiger partial charge in [0.15, 0.2) is 22.5 Å². The lowest BCUT2D eigenvalue weighted by Gasteiger charge is -2.36. The number of rotatable bonds is 4. The Morgan fingerprint density at radius 2 is 1.97 bits per heavy atom. The molecule has 11 heteroatoms. The van der Waals surface area contributed by atoms with Crippen molar-refractivity contribution in [3.63, 3.8) is 0 Å². The number of aromatic nitrogens is 2. The molecule has 0 radical (unpaired) electrons. The molecule has 1 aromatic heterocycles. The zero-order valence-electron chi connectivity index (χ0n) is 16.8. The van der Waals surface area contributed by atoms with Crippen molar-refractivity contribution in [1.29, 1.82) is 0 Å². The lowest BCUT2D eigenvalue weighted by molar-refractivity contribution is -0.127. The molecule has 2 aromatic carbocycles. The molecule has 3 heterocycles. The van der Waals surface area contributed by atoms with Crippen LogP contribution in [-0.2, 0) is 11.3 Å². The zero-order chi connectivity index (χ0) is 22.4. The van der Waals surface area contributed by atoms with Gasteiger partial charge in [-0.1, -0.05) is 30.3 Å². The maximum atomic E-state index is 12.7. The molecule has 32 heavy (non-hydrogen) atoms. The fraction of sp³-hybridized carbons (Fsp3) is 0.190. The van der Waals surface area contributed by atoms with Crippen LogP contribution in [0.4, 0.5) is 4.79 Å². The highest BCUT2D eigenvalue weighted by Gasteiger charge is 2.48. The quantitative estimate of drug-likeness (QED) is 0.555. The zero-order valence-corrected chi connectivity index (χ0v) is 17.7. The van der Waals surface area contributed by atoms with Gasteiger partial charge in [-0.15, -0.1) is 0 Å². The fourth-order valence-electron chi connectivity index (χ4n) is 3.79. The third-order valence-electron chi connectivity index (χ3n) is 5.41. The first-order valence-electron chi connectivity index (χ1n) is 9.77. The third-order valence-corrected chi connectivity index (χ3v) is 6.32. The van der Waals surface area contributed by atoms with E-state index in [1.165, 1.54) is 28.8 Å². The number of aromatic amines is 1. The summed E-state index contributed by atoms with van der Waals surface area (Å²) in [6, 6.07) is 13.2. The number of nitrogens with one attached hydrogen (secondary N) is 2. The number of carboxylic acid groups (broad SMARTS) is 1. The second kappa shape index (κ2) is 7.68. The predicted molar refractivity (Wildman–Crippen MR) is 117 cm³/mol. The average Bonchev–Trinajstić information content (AvgIpc) is 3.34.